The summed E-state index contributed by atoms with van der Waals surface area (Å²) in [7, 11) is 3.23. The van der Waals surface area contributed by atoms with Crippen molar-refractivity contribution in [3.8, 4) is 11.5 Å². The van der Waals surface area contributed by atoms with E-state index in [2.05, 4.69) is 22.1 Å². The molecular formula is C17H29IN4O2. The molecule has 24 heavy (non-hydrogen) atoms. The van der Waals surface area contributed by atoms with Gasteiger partial charge in [0.2, 0.25) is 0 Å². The lowest BCUT2D eigenvalue weighted by atomic mass is 10.1. The monoisotopic (exact) mass is 448 g/mol. The van der Waals surface area contributed by atoms with Crippen molar-refractivity contribution in [3.63, 3.8) is 0 Å². The molecule has 1 saturated heterocycles. The van der Waals surface area contributed by atoms with Gasteiger partial charge in [-0.05, 0) is 44.0 Å². The molecule has 0 radical (unpaired) electrons. The number of halogens is 1. The maximum absolute atomic E-state index is 5.99. The van der Waals surface area contributed by atoms with Crippen LogP contribution in [0.25, 0.3) is 0 Å². The van der Waals surface area contributed by atoms with E-state index in [0.29, 0.717) is 23.4 Å². The Morgan fingerprint density at radius 3 is 2.75 bits per heavy atom. The van der Waals surface area contributed by atoms with Crippen molar-refractivity contribution in [2.75, 3.05) is 45.7 Å². The molecule has 136 valence electrons. The maximum atomic E-state index is 5.99. The number of hydrogen-bond acceptors (Lipinski definition) is 4. The fourth-order valence-electron chi connectivity index (χ4n) is 2.91. The van der Waals surface area contributed by atoms with Gasteiger partial charge in [-0.2, -0.15) is 0 Å². The number of methoxy groups -OCH3 is 2. The van der Waals surface area contributed by atoms with Gasteiger partial charge in [0.15, 0.2) is 17.5 Å². The zero-order valence-corrected chi connectivity index (χ0v) is 17.1. The molecule has 0 aliphatic carbocycles. The molecule has 0 aromatic heterocycles. The minimum absolute atomic E-state index is 0. The first-order valence-corrected chi connectivity index (χ1v) is 8.17. The number of aliphatic imine (C=N–C) groups is 1. The summed E-state index contributed by atoms with van der Waals surface area (Å²) in [5, 5.41) is 3.11. The molecule has 1 fully saturated rings. The van der Waals surface area contributed by atoms with Gasteiger partial charge in [-0.25, -0.2) is 0 Å². The fourth-order valence-corrected chi connectivity index (χ4v) is 2.91. The Kier molecular flexibility index (Phi) is 9.20. The molecule has 1 aliphatic rings. The minimum Gasteiger partial charge on any atom is -0.493 e. The third-order valence-corrected chi connectivity index (χ3v) is 4.09. The average Bonchev–Trinajstić information content (AvgIpc) is 3.01. The first-order valence-electron chi connectivity index (χ1n) is 8.17. The van der Waals surface area contributed by atoms with Crippen molar-refractivity contribution in [1.82, 2.24) is 4.90 Å². The number of hydrogen-bond donors (Lipinski definition) is 2. The van der Waals surface area contributed by atoms with Crippen molar-refractivity contribution in [3.05, 3.63) is 18.2 Å². The number of anilines is 1. The van der Waals surface area contributed by atoms with Crippen LogP contribution in [0.1, 0.15) is 19.8 Å². The van der Waals surface area contributed by atoms with Crippen LogP contribution in [0.15, 0.2) is 23.2 Å². The molecule has 1 aromatic carbocycles. The van der Waals surface area contributed by atoms with Crippen molar-refractivity contribution < 1.29 is 9.47 Å². The molecule has 1 aliphatic heterocycles. The van der Waals surface area contributed by atoms with Gasteiger partial charge < -0.3 is 25.4 Å². The van der Waals surface area contributed by atoms with Crippen LogP contribution in [0.3, 0.4) is 0 Å². The SMILES string of the molecule is CCCN1CCC(CN=C(N)Nc2ccc(OC)c(OC)c2)C1.I. The lowest BCUT2D eigenvalue weighted by Crippen LogP contribution is -2.25. The number of likely N-dealkylation sites (tertiary alicyclic amines) is 1. The summed E-state index contributed by atoms with van der Waals surface area (Å²) in [6, 6.07) is 5.58. The van der Waals surface area contributed by atoms with E-state index >= 15 is 0 Å². The van der Waals surface area contributed by atoms with Crippen molar-refractivity contribution in [1.29, 1.82) is 0 Å². The number of benzene rings is 1. The average molecular weight is 448 g/mol. The Morgan fingerprint density at radius 2 is 2.08 bits per heavy atom. The van der Waals surface area contributed by atoms with Gasteiger partial charge in [-0.3, -0.25) is 4.99 Å². The molecule has 7 heteroatoms. The largest absolute Gasteiger partial charge is 0.493 e. The van der Waals surface area contributed by atoms with Crippen molar-refractivity contribution in [2.45, 2.75) is 19.8 Å². The topological polar surface area (TPSA) is 72.1 Å². The highest BCUT2D eigenvalue weighted by Crippen LogP contribution is 2.29. The van der Waals surface area contributed by atoms with Crippen LogP contribution in [0.4, 0.5) is 5.69 Å². The Hall–Kier alpha value is -1.22. The molecule has 0 bridgehead atoms. The summed E-state index contributed by atoms with van der Waals surface area (Å²) in [5.74, 6) is 2.39. The second-order valence-electron chi connectivity index (χ2n) is 5.88. The smallest absolute Gasteiger partial charge is 0.193 e. The molecule has 1 unspecified atom stereocenters. The van der Waals surface area contributed by atoms with Gasteiger partial charge in [0, 0.05) is 24.8 Å². The second kappa shape index (κ2) is 10.6. The van der Waals surface area contributed by atoms with E-state index in [9.17, 15) is 0 Å². The van der Waals surface area contributed by atoms with E-state index < -0.39 is 0 Å². The zero-order valence-electron chi connectivity index (χ0n) is 14.7. The minimum atomic E-state index is 0. The molecule has 3 N–H and O–H groups in total. The van der Waals surface area contributed by atoms with Gasteiger partial charge in [0.05, 0.1) is 14.2 Å². The van der Waals surface area contributed by atoms with Gasteiger partial charge in [-0.1, -0.05) is 6.92 Å². The van der Waals surface area contributed by atoms with E-state index in [1.165, 1.54) is 25.9 Å². The summed E-state index contributed by atoms with van der Waals surface area (Å²) >= 11 is 0. The fraction of sp³-hybridized carbons (Fsp3) is 0.588. The van der Waals surface area contributed by atoms with Crippen molar-refractivity contribution in [2.24, 2.45) is 16.6 Å². The summed E-state index contributed by atoms with van der Waals surface area (Å²) in [6.07, 6.45) is 2.41. The third kappa shape index (κ3) is 6.01. The summed E-state index contributed by atoms with van der Waals surface area (Å²) < 4.78 is 10.5. The Bertz CT molecular complexity index is 539. The highest BCUT2D eigenvalue weighted by Gasteiger charge is 2.21. The van der Waals surface area contributed by atoms with Crippen LogP contribution in [0.5, 0.6) is 11.5 Å². The van der Waals surface area contributed by atoms with Gasteiger partial charge >= 0.3 is 0 Å². The number of ether oxygens (including phenoxy) is 2. The molecule has 0 spiro atoms. The van der Waals surface area contributed by atoms with Crippen LogP contribution in [-0.4, -0.2) is 51.3 Å². The predicted octanol–water partition coefficient (Wildman–Crippen LogP) is 2.78. The standard InChI is InChI=1S/C17H28N4O2.HI/c1-4-8-21-9-7-13(12-21)11-19-17(18)20-14-5-6-15(22-2)16(10-14)23-3;/h5-6,10,13H,4,7-9,11-12H2,1-3H3,(H3,18,19,20);1H. The lowest BCUT2D eigenvalue weighted by Gasteiger charge is -2.14. The van der Waals surface area contributed by atoms with Crippen LogP contribution >= 0.6 is 24.0 Å². The summed E-state index contributed by atoms with van der Waals surface area (Å²) in [4.78, 5) is 6.98. The predicted molar refractivity (Wildman–Crippen MR) is 110 cm³/mol. The highest BCUT2D eigenvalue weighted by atomic mass is 127. The molecule has 1 aromatic rings. The maximum Gasteiger partial charge on any atom is 0.193 e. The second-order valence-corrected chi connectivity index (χ2v) is 5.88. The Balaban J connectivity index is 0.00000288. The zero-order chi connectivity index (χ0) is 16.7. The highest BCUT2D eigenvalue weighted by molar-refractivity contribution is 14.0. The van der Waals surface area contributed by atoms with Crippen LogP contribution in [-0.2, 0) is 0 Å². The van der Waals surface area contributed by atoms with E-state index in [1.807, 2.05) is 18.2 Å². The number of nitrogens with one attached hydrogen (secondary N) is 1. The Labute approximate surface area is 161 Å². The van der Waals surface area contributed by atoms with Gasteiger partial charge in [-0.15, -0.1) is 24.0 Å². The van der Waals surface area contributed by atoms with Crippen molar-refractivity contribution >= 4 is 35.6 Å². The van der Waals surface area contributed by atoms with E-state index in [4.69, 9.17) is 15.2 Å². The van der Waals surface area contributed by atoms with Crippen LogP contribution in [0, 0.1) is 5.92 Å². The number of nitrogens with two attached hydrogens (primary N) is 1. The van der Waals surface area contributed by atoms with Crippen LogP contribution < -0.4 is 20.5 Å². The lowest BCUT2D eigenvalue weighted by molar-refractivity contribution is 0.326. The quantitative estimate of drug-likeness (QED) is 0.382. The van der Waals surface area contributed by atoms with E-state index in [0.717, 1.165) is 18.8 Å². The summed E-state index contributed by atoms with van der Waals surface area (Å²) in [5.41, 5.74) is 6.83. The first-order chi connectivity index (χ1) is 11.2. The molecule has 6 nitrogen and oxygen atoms in total. The van der Waals surface area contributed by atoms with Gasteiger partial charge in [0.25, 0.3) is 0 Å². The van der Waals surface area contributed by atoms with Gasteiger partial charge in [0.1, 0.15) is 0 Å². The Morgan fingerprint density at radius 1 is 1.33 bits per heavy atom. The molecular weight excluding hydrogens is 419 g/mol. The molecule has 0 saturated carbocycles. The molecule has 1 atom stereocenters. The molecule has 1 heterocycles. The van der Waals surface area contributed by atoms with E-state index in [-0.39, 0.29) is 24.0 Å². The molecule has 2 rings (SSSR count). The summed E-state index contributed by atoms with van der Waals surface area (Å²) in [6.45, 7) is 6.47. The third-order valence-electron chi connectivity index (χ3n) is 4.09. The number of guanidine groups is 1. The normalized spacial score (nSPS) is 18.1. The first kappa shape index (κ1) is 20.8. The number of nitrogens with zero attached hydrogens (tertiary/aromatic N) is 2. The molecule has 0 amide bonds. The van der Waals surface area contributed by atoms with Crippen LogP contribution in [0.2, 0.25) is 0 Å². The van der Waals surface area contributed by atoms with E-state index in [1.54, 1.807) is 14.2 Å². The number of rotatable bonds is 7.